The molecule has 0 unspecified atom stereocenters. The fourth-order valence-corrected chi connectivity index (χ4v) is 3.85. The molecule has 1 heterocycles. The van der Waals surface area contributed by atoms with Crippen LogP contribution in [-0.4, -0.2) is 28.1 Å². The molecule has 8 nitrogen and oxygen atoms in total. The molecule has 4 aromatic rings. The molecule has 0 atom stereocenters. The van der Waals surface area contributed by atoms with Gasteiger partial charge >= 0.3 is 0 Å². The van der Waals surface area contributed by atoms with Crippen molar-refractivity contribution in [3.05, 3.63) is 99.9 Å². The molecule has 1 aromatic heterocycles. The Morgan fingerprint density at radius 1 is 1.00 bits per heavy atom. The normalized spacial score (nSPS) is 10.9. The number of thioether (sulfide) groups is 1. The average Bonchev–Trinajstić information content (AvgIpc) is 3.35. The summed E-state index contributed by atoms with van der Waals surface area (Å²) in [6.45, 7) is 0.523. The van der Waals surface area contributed by atoms with Crippen molar-refractivity contribution >= 4 is 47.1 Å². The molecule has 0 saturated heterocycles. The molecule has 0 bridgehead atoms. The molecule has 0 aliphatic carbocycles. The average molecular weight is 543 g/mol. The van der Waals surface area contributed by atoms with Crippen LogP contribution in [0, 0.1) is 0 Å². The molecule has 0 aliphatic heterocycles. The highest BCUT2D eigenvalue weighted by atomic mass is 35.5. The second-order valence-electron chi connectivity index (χ2n) is 7.25. The van der Waals surface area contributed by atoms with E-state index in [1.807, 2.05) is 54.6 Å². The zero-order valence-electron chi connectivity index (χ0n) is 18.8. The van der Waals surface area contributed by atoms with Gasteiger partial charge in [-0.25, -0.2) is 5.43 Å². The van der Waals surface area contributed by atoms with E-state index < -0.39 is 0 Å². The first kappa shape index (κ1) is 25.6. The van der Waals surface area contributed by atoms with Crippen LogP contribution < -0.4 is 14.9 Å². The first-order valence-corrected chi connectivity index (χ1v) is 12.4. The van der Waals surface area contributed by atoms with Crippen LogP contribution in [0.15, 0.2) is 87.5 Å². The Balaban J connectivity index is 1.16. The maximum Gasteiger partial charge on any atom is 0.277 e. The fourth-order valence-electron chi connectivity index (χ4n) is 2.82. The quantitative estimate of drug-likeness (QED) is 0.146. The summed E-state index contributed by atoms with van der Waals surface area (Å²) in [5, 5.41) is 12.9. The molecule has 4 rings (SSSR count). The van der Waals surface area contributed by atoms with Gasteiger partial charge < -0.3 is 13.9 Å². The van der Waals surface area contributed by atoms with Crippen molar-refractivity contribution in [1.82, 2.24) is 15.6 Å². The van der Waals surface area contributed by atoms with Crippen LogP contribution in [0.25, 0.3) is 0 Å². The number of rotatable bonds is 11. The molecular formula is C25H20Cl2N4O4S. The second-order valence-corrected chi connectivity index (χ2v) is 9.02. The number of amides is 1. The van der Waals surface area contributed by atoms with Gasteiger partial charge in [0, 0.05) is 5.02 Å². The number of carbonyl (C=O) groups is 1. The zero-order valence-corrected chi connectivity index (χ0v) is 21.1. The van der Waals surface area contributed by atoms with Gasteiger partial charge in [-0.15, -0.1) is 10.2 Å². The molecule has 184 valence electrons. The number of hydrogen-bond acceptors (Lipinski definition) is 8. The van der Waals surface area contributed by atoms with Crippen LogP contribution in [0.1, 0.15) is 17.0 Å². The number of hydrazone groups is 1. The van der Waals surface area contributed by atoms with Gasteiger partial charge in [0.25, 0.3) is 17.0 Å². The summed E-state index contributed by atoms with van der Waals surface area (Å²) in [5.41, 5.74) is 4.38. The summed E-state index contributed by atoms with van der Waals surface area (Å²) >= 11 is 13.0. The summed E-state index contributed by atoms with van der Waals surface area (Å²) in [6.07, 6.45) is 1.55. The number of ether oxygens (including phenoxy) is 2. The Kier molecular flexibility index (Phi) is 9.21. The van der Waals surface area contributed by atoms with Gasteiger partial charge in [0.1, 0.15) is 18.1 Å². The predicted molar refractivity (Wildman–Crippen MR) is 139 cm³/mol. The molecule has 1 amide bonds. The number of hydrogen-bond donors (Lipinski definition) is 1. The van der Waals surface area contributed by atoms with Crippen LogP contribution in [-0.2, 0) is 18.0 Å². The van der Waals surface area contributed by atoms with E-state index in [0.717, 1.165) is 28.6 Å². The molecule has 36 heavy (non-hydrogen) atoms. The number of benzene rings is 3. The third kappa shape index (κ3) is 8.01. The lowest BCUT2D eigenvalue weighted by Gasteiger charge is -2.06. The largest absolute Gasteiger partial charge is 0.489 e. The van der Waals surface area contributed by atoms with Gasteiger partial charge in [0.15, 0.2) is 6.61 Å². The molecule has 0 radical (unpaired) electrons. The van der Waals surface area contributed by atoms with Crippen LogP contribution in [0.4, 0.5) is 0 Å². The van der Waals surface area contributed by atoms with Crippen molar-refractivity contribution in [2.45, 2.75) is 18.4 Å². The first-order chi connectivity index (χ1) is 17.5. The lowest BCUT2D eigenvalue weighted by Crippen LogP contribution is -2.19. The van der Waals surface area contributed by atoms with Gasteiger partial charge in [-0.2, -0.15) is 5.10 Å². The molecule has 11 heteroatoms. The van der Waals surface area contributed by atoms with Gasteiger partial charge in [-0.1, -0.05) is 65.3 Å². The Morgan fingerprint density at radius 2 is 1.81 bits per heavy atom. The van der Waals surface area contributed by atoms with Gasteiger partial charge in [-0.05, 0) is 53.6 Å². The van der Waals surface area contributed by atoms with Crippen molar-refractivity contribution < 1.29 is 18.7 Å². The highest BCUT2D eigenvalue weighted by Gasteiger charge is 2.11. The number of aromatic nitrogens is 2. The number of halogens is 2. The minimum atomic E-state index is -0.317. The van der Waals surface area contributed by atoms with E-state index in [-0.39, 0.29) is 29.4 Å². The van der Waals surface area contributed by atoms with Crippen molar-refractivity contribution in [2.75, 3.05) is 5.75 Å². The monoisotopic (exact) mass is 542 g/mol. The third-order valence-electron chi connectivity index (χ3n) is 4.55. The first-order valence-electron chi connectivity index (χ1n) is 10.7. The van der Waals surface area contributed by atoms with E-state index in [0.29, 0.717) is 22.4 Å². The zero-order chi connectivity index (χ0) is 25.2. The van der Waals surface area contributed by atoms with Gasteiger partial charge in [-0.3, -0.25) is 4.79 Å². The molecule has 1 N–H and O–H groups in total. The molecule has 0 fully saturated rings. The van der Waals surface area contributed by atoms with Crippen molar-refractivity contribution in [3.8, 4) is 11.5 Å². The van der Waals surface area contributed by atoms with Crippen LogP contribution in [0.5, 0.6) is 11.5 Å². The summed E-state index contributed by atoms with van der Waals surface area (Å²) in [7, 11) is 0. The smallest absolute Gasteiger partial charge is 0.277 e. The summed E-state index contributed by atoms with van der Waals surface area (Å²) in [4.78, 5) is 12.1. The highest BCUT2D eigenvalue weighted by Crippen LogP contribution is 2.28. The van der Waals surface area contributed by atoms with E-state index in [1.54, 1.807) is 24.4 Å². The third-order valence-corrected chi connectivity index (χ3v) is 5.90. The Morgan fingerprint density at radius 3 is 2.58 bits per heavy atom. The van der Waals surface area contributed by atoms with E-state index in [2.05, 4.69) is 20.7 Å². The number of carbonyl (C=O) groups excluding carboxylic acids is 1. The van der Waals surface area contributed by atoms with Crippen molar-refractivity contribution in [1.29, 1.82) is 0 Å². The summed E-state index contributed by atoms with van der Waals surface area (Å²) in [6, 6.07) is 22.2. The van der Waals surface area contributed by atoms with Gasteiger partial charge in [0.05, 0.1) is 17.0 Å². The van der Waals surface area contributed by atoms with E-state index in [4.69, 9.17) is 37.1 Å². The van der Waals surface area contributed by atoms with E-state index in [9.17, 15) is 4.79 Å². The lowest BCUT2D eigenvalue weighted by atomic mass is 10.2. The minimum Gasteiger partial charge on any atom is -0.489 e. The molecule has 0 saturated carbocycles. The van der Waals surface area contributed by atoms with E-state index >= 15 is 0 Å². The molecule has 3 aromatic carbocycles. The predicted octanol–water partition coefficient (Wildman–Crippen LogP) is 5.78. The van der Waals surface area contributed by atoms with Gasteiger partial charge in [0.2, 0.25) is 0 Å². The SMILES string of the molecule is O=C(CSc1nnc(COc2ccc(Cl)cc2Cl)o1)N/N=C\c1ccc(OCc2ccccc2)cc1. The van der Waals surface area contributed by atoms with Crippen LogP contribution in [0.3, 0.4) is 0 Å². The second kappa shape index (κ2) is 13.0. The topological polar surface area (TPSA) is 98.8 Å². The fraction of sp³-hybridized carbons (Fsp3) is 0.120. The Bertz CT molecular complexity index is 1320. The maximum atomic E-state index is 12.1. The molecule has 0 aliphatic rings. The summed E-state index contributed by atoms with van der Waals surface area (Å²) in [5.74, 6) is 1.17. The molecular weight excluding hydrogens is 523 g/mol. The van der Waals surface area contributed by atoms with E-state index in [1.165, 1.54) is 0 Å². The van der Waals surface area contributed by atoms with Crippen LogP contribution in [0.2, 0.25) is 10.0 Å². The highest BCUT2D eigenvalue weighted by molar-refractivity contribution is 7.99. The number of nitrogens with zero attached hydrogens (tertiary/aromatic N) is 3. The standard InChI is InChI=1S/C25H20Cl2N4O4S/c26-19-8-11-22(21(27)12-19)34-15-24-30-31-25(35-24)36-16-23(32)29-28-13-17-6-9-20(10-7-17)33-14-18-4-2-1-3-5-18/h1-13H,14-16H2,(H,29,32)/b28-13-. The minimum absolute atomic E-state index is 0.0293. The molecule has 0 spiro atoms. The Labute approximate surface area is 221 Å². The maximum absolute atomic E-state index is 12.1. The van der Waals surface area contributed by atoms with Crippen molar-refractivity contribution in [2.24, 2.45) is 5.10 Å². The summed E-state index contributed by atoms with van der Waals surface area (Å²) < 4.78 is 16.8. The number of nitrogens with one attached hydrogen (secondary N) is 1. The lowest BCUT2D eigenvalue weighted by molar-refractivity contribution is -0.118. The van der Waals surface area contributed by atoms with Crippen LogP contribution >= 0.6 is 35.0 Å². The Hall–Kier alpha value is -3.53. The van der Waals surface area contributed by atoms with Crippen molar-refractivity contribution in [3.63, 3.8) is 0 Å².